The van der Waals surface area contributed by atoms with Gasteiger partial charge in [-0.2, -0.15) is 0 Å². The van der Waals surface area contributed by atoms with Crippen LogP contribution in [0.25, 0.3) is 32.7 Å². The summed E-state index contributed by atoms with van der Waals surface area (Å²) >= 11 is 1.44. The zero-order chi connectivity index (χ0) is 22.3. The van der Waals surface area contributed by atoms with Crippen molar-refractivity contribution in [3.63, 3.8) is 0 Å². The standard InChI is InChI=1S/C25H25N3O2S/c1-5-20(22(26)29)28-23(17-9-6-14(2)7-10-17)27-24-21(25(28)30)19(13-31-24)18-11-8-15(3)16(4)12-18/h6-13,20H,5H2,1-4H3,(H2,26,29). The third kappa shape index (κ3) is 3.68. The Morgan fingerprint density at radius 1 is 1.06 bits per heavy atom. The topological polar surface area (TPSA) is 78.0 Å². The van der Waals surface area contributed by atoms with Crippen molar-refractivity contribution in [3.8, 4) is 22.5 Å². The van der Waals surface area contributed by atoms with Crippen molar-refractivity contribution in [2.75, 3.05) is 0 Å². The first-order valence-corrected chi connectivity index (χ1v) is 11.2. The van der Waals surface area contributed by atoms with Crippen LogP contribution in [0, 0.1) is 20.8 Å². The Morgan fingerprint density at radius 2 is 1.74 bits per heavy atom. The van der Waals surface area contributed by atoms with Crippen LogP contribution in [0.3, 0.4) is 0 Å². The summed E-state index contributed by atoms with van der Waals surface area (Å²) < 4.78 is 1.48. The summed E-state index contributed by atoms with van der Waals surface area (Å²) in [6.07, 6.45) is 0.407. The van der Waals surface area contributed by atoms with Crippen LogP contribution in [0.5, 0.6) is 0 Å². The van der Waals surface area contributed by atoms with E-state index in [-0.39, 0.29) is 5.56 Å². The summed E-state index contributed by atoms with van der Waals surface area (Å²) in [5, 5.41) is 2.50. The zero-order valence-electron chi connectivity index (χ0n) is 18.1. The Balaban J connectivity index is 2.05. The molecule has 1 atom stereocenters. The van der Waals surface area contributed by atoms with E-state index in [2.05, 4.69) is 26.0 Å². The normalized spacial score (nSPS) is 12.3. The molecular weight excluding hydrogens is 406 g/mol. The van der Waals surface area contributed by atoms with Crippen LogP contribution >= 0.6 is 11.3 Å². The molecule has 2 aromatic heterocycles. The number of rotatable bonds is 5. The molecule has 0 radical (unpaired) electrons. The summed E-state index contributed by atoms with van der Waals surface area (Å²) in [7, 11) is 0. The molecule has 1 amide bonds. The van der Waals surface area contributed by atoms with Crippen LogP contribution in [0.15, 0.2) is 52.6 Å². The lowest BCUT2D eigenvalue weighted by atomic mass is 10.0. The van der Waals surface area contributed by atoms with E-state index in [9.17, 15) is 9.59 Å². The molecule has 0 bridgehead atoms. The van der Waals surface area contributed by atoms with Crippen molar-refractivity contribution in [2.24, 2.45) is 5.73 Å². The number of hydrogen-bond donors (Lipinski definition) is 1. The molecule has 4 aromatic rings. The largest absolute Gasteiger partial charge is 0.368 e. The van der Waals surface area contributed by atoms with Gasteiger partial charge in [0.2, 0.25) is 5.91 Å². The molecule has 4 rings (SSSR count). The van der Waals surface area contributed by atoms with Crippen molar-refractivity contribution in [3.05, 3.63) is 74.9 Å². The first kappa shape index (κ1) is 21.0. The Hall–Kier alpha value is -3.25. The van der Waals surface area contributed by atoms with Gasteiger partial charge in [0.25, 0.3) is 5.56 Å². The highest BCUT2D eigenvalue weighted by atomic mass is 32.1. The minimum atomic E-state index is -0.770. The average molecular weight is 432 g/mol. The predicted molar refractivity (Wildman–Crippen MR) is 127 cm³/mol. The minimum Gasteiger partial charge on any atom is -0.368 e. The predicted octanol–water partition coefficient (Wildman–Crippen LogP) is 5.15. The summed E-state index contributed by atoms with van der Waals surface area (Å²) in [4.78, 5) is 31.6. The molecule has 158 valence electrons. The lowest BCUT2D eigenvalue weighted by Gasteiger charge is -2.19. The number of aryl methyl sites for hydroxylation is 3. The molecule has 2 heterocycles. The quantitative estimate of drug-likeness (QED) is 0.474. The Bertz CT molecular complexity index is 1350. The lowest BCUT2D eigenvalue weighted by Crippen LogP contribution is -2.35. The van der Waals surface area contributed by atoms with E-state index >= 15 is 0 Å². The Morgan fingerprint density at radius 3 is 2.35 bits per heavy atom. The molecule has 0 spiro atoms. The van der Waals surface area contributed by atoms with Crippen LogP contribution in [-0.2, 0) is 4.79 Å². The molecule has 6 heteroatoms. The third-order valence-corrected chi connectivity index (χ3v) is 6.67. The maximum atomic E-state index is 13.8. The van der Waals surface area contributed by atoms with Gasteiger partial charge in [-0.05, 0) is 43.9 Å². The van der Waals surface area contributed by atoms with Gasteiger partial charge in [-0.3, -0.25) is 14.2 Å². The molecule has 0 aliphatic rings. The number of amides is 1. The SMILES string of the molecule is CCC(C(N)=O)n1c(-c2ccc(C)cc2)nc2scc(-c3ccc(C)c(C)c3)c2c1=O. The maximum absolute atomic E-state index is 13.8. The molecular formula is C25H25N3O2S. The fourth-order valence-electron chi connectivity index (χ4n) is 3.83. The number of thiophene rings is 1. The van der Waals surface area contributed by atoms with Crippen LogP contribution in [-0.4, -0.2) is 15.5 Å². The molecule has 0 saturated carbocycles. The van der Waals surface area contributed by atoms with Gasteiger partial charge in [-0.1, -0.05) is 55.0 Å². The average Bonchev–Trinajstić information content (AvgIpc) is 3.17. The van der Waals surface area contributed by atoms with Gasteiger partial charge in [0.15, 0.2) is 0 Å². The number of primary amides is 1. The van der Waals surface area contributed by atoms with E-state index in [4.69, 9.17) is 10.7 Å². The summed E-state index contributed by atoms with van der Waals surface area (Å²) in [6, 6.07) is 13.2. The van der Waals surface area contributed by atoms with Crippen LogP contribution in [0.2, 0.25) is 0 Å². The molecule has 0 fully saturated rings. The molecule has 2 aromatic carbocycles. The molecule has 31 heavy (non-hydrogen) atoms. The number of aromatic nitrogens is 2. The second-order valence-corrected chi connectivity index (χ2v) is 8.79. The number of fused-ring (bicyclic) bond motifs is 1. The van der Waals surface area contributed by atoms with E-state index in [1.165, 1.54) is 21.5 Å². The van der Waals surface area contributed by atoms with E-state index < -0.39 is 11.9 Å². The van der Waals surface area contributed by atoms with E-state index in [1.54, 1.807) is 0 Å². The van der Waals surface area contributed by atoms with Crippen molar-refractivity contribution >= 4 is 27.5 Å². The molecule has 0 aliphatic heterocycles. The number of nitrogens with zero attached hydrogens (tertiary/aromatic N) is 2. The van der Waals surface area contributed by atoms with Gasteiger partial charge in [0.1, 0.15) is 16.7 Å². The molecule has 5 nitrogen and oxygen atoms in total. The van der Waals surface area contributed by atoms with E-state index in [1.807, 2.05) is 49.6 Å². The highest BCUT2D eigenvalue weighted by Gasteiger charge is 2.25. The number of carbonyl (C=O) groups is 1. The van der Waals surface area contributed by atoms with E-state index in [0.717, 1.165) is 27.8 Å². The fourth-order valence-corrected chi connectivity index (χ4v) is 4.77. The number of hydrogen-bond acceptors (Lipinski definition) is 4. The second kappa shape index (κ2) is 8.12. The van der Waals surface area contributed by atoms with Gasteiger partial charge in [0.05, 0.1) is 5.39 Å². The second-order valence-electron chi connectivity index (χ2n) is 7.93. The number of benzene rings is 2. The van der Waals surface area contributed by atoms with Crippen molar-refractivity contribution < 1.29 is 4.79 Å². The Kier molecular flexibility index (Phi) is 5.50. The van der Waals surface area contributed by atoms with Gasteiger partial charge in [-0.15, -0.1) is 11.3 Å². The van der Waals surface area contributed by atoms with Gasteiger partial charge < -0.3 is 5.73 Å². The summed E-state index contributed by atoms with van der Waals surface area (Å²) in [5.74, 6) is -0.0706. The van der Waals surface area contributed by atoms with Crippen LogP contribution in [0.1, 0.15) is 36.1 Å². The lowest BCUT2D eigenvalue weighted by molar-refractivity contribution is -0.121. The first-order chi connectivity index (χ1) is 14.8. The van der Waals surface area contributed by atoms with E-state index in [0.29, 0.717) is 22.5 Å². The van der Waals surface area contributed by atoms with Gasteiger partial charge >= 0.3 is 0 Å². The zero-order valence-corrected chi connectivity index (χ0v) is 18.9. The highest BCUT2D eigenvalue weighted by Crippen LogP contribution is 2.34. The summed E-state index contributed by atoms with van der Waals surface area (Å²) in [5.41, 5.74) is 11.5. The fraction of sp³-hybridized carbons (Fsp3) is 0.240. The third-order valence-electron chi connectivity index (χ3n) is 5.79. The molecule has 0 saturated heterocycles. The van der Waals surface area contributed by atoms with Crippen molar-refractivity contribution in [2.45, 2.75) is 40.2 Å². The molecule has 2 N–H and O–H groups in total. The Labute approximate surface area is 185 Å². The van der Waals surface area contributed by atoms with Crippen molar-refractivity contribution in [1.82, 2.24) is 9.55 Å². The molecule has 0 aliphatic carbocycles. The summed E-state index contributed by atoms with van der Waals surface area (Å²) in [6.45, 7) is 7.97. The monoisotopic (exact) mass is 431 g/mol. The van der Waals surface area contributed by atoms with Gasteiger partial charge in [-0.25, -0.2) is 4.98 Å². The minimum absolute atomic E-state index is 0.235. The maximum Gasteiger partial charge on any atom is 0.263 e. The smallest absolute Gasteiger partial charge is 0.263 e. The van der Waals surface area contributed by atoms with Crippen LogP contribution < -0.4 is 11.3 Å². The van der Waals surface area contributed by atoms with Crippen LogP contribution in [0.4, 0.5) is 0 Å². The molecule has 1 unspecified atom stereocenters. The first-order valence-electron chi connectivity index (χ1n) is 10.3. The van der Waals surface area contributed by atoms with Crippen molar-refractivity contribution in [1.29, 1.82) is 0 Å². The number of carbonyl (C=O) groups excluding carboxylic acids is 1. The van der Waals surface area contributed by atoms with Gasteiger partial charge in [0, 0.05) is 16.5 Å². The number of nitrogens with two attached hydrogens (primary N) is 1. The highest BCUT2D eigenvalue weighted by molar-refractivity contribution is 7.17.